The number of carbonyl (C=O) groups excluding carboxylic acids is 1. The van der Waals surface area contributed by atoms with Crippen LogP contribution < -0.4 is 10.2 Å². The van der Waals surface area contributed by atoms with E-state index in [4.69, 9.17) is 4.74 Å². The van der Waals surface area contributed by atoms with Gasteiger partial charge in [0.05, 0.1) is 19.1 Å². The van der Waals surface area contributed by atoms with Gasteiger partial charge in [0.15, 0.2) is 11.0 Å². The van der Waals surface area contributed by atoms with Crippen LogP contribution in [0.3, 0.4) is 0 Å². The van der Waals surface area contributed by atoms with E-state index in [1.54, 1.807) is 13.3 Å². The van der Waals surface area contributed by atoms with Crippen LogP contribution in [-0.4, -0.2) is 39.7 Å². The number of benzene rings is 3. The van der Waals surface area contributed by atoms with Gasteiger partial charge < -0.3 is 4.74 Å². The Labute approximate surface area is 190 Å². The Morgan fingerprint density at radius 1 is 1.00 bits per heavy atom. The number of para-hydroxylation sites is 2. The van der Waals surface area contributed by atoms with E-state index in [2.05, 4.69) is 20.7 Å². The number of aromatic nitrogens is 3. The second-order valence-corrected chi connectivity index (χ2v) is 7.61. The first kappa shape index (κ1) is 21.3. The van der Waals surface area contributed by atoms with Crippen LogP contribution in [0.25, 0.3) is 17.1 Å². The first-order chi connectivity index (χ1) is 15.8. The van der Waals surface area contributed by atoms with Crippen LogP contribution in [-0.2, 0) is 4.79 Å². The summed E-state index contributed by atoms with van der Waals surface area (Å²) < 4.78 is 7.23. The molecule has 160 valence electrons. The predicted octanol–water partition coefficient (Wildman–Crippen LogP) is 4.19. The fourth-order valence-corrected chi connectivity index (χ4v) is 3.80. The van der Waals surface area contributed by atoms with Crippen LogP contribution >= 0.6 is 11.8 Å². The molecule has 32 heavy (non-hydrogen) atoms. The predicted molar refractivity (Wildman–Crippen MR) is 126 cm³/mol. The molecule has 1 aromatic heterocycles. The van der Waals surface area contributed by atoms with E-state index in [9.17, 15) is 4.79 Å². The monoisotopic (exact) mass is 443 g/mol. The molecule has 0 radical (unpaired) electrons. The van der Waals surface area contributed by atoms with Crippen LogP contribution in [0.4, 0.5) is 0 Å². The first-order valence-electron chi connectivity index (χ1n) is 9.90. The Balaban J connectivity index is 1.48. The number of nitrogens with one attached hydrogen (secondary N) is 1. The number of thioether (sulfide) groups is 1. The van der Waals surface area contributed by atoms with E-state index in [1.165, 1.54) is 11.8 Å². The summed E-state index contributed by atoms with van der Waals surface area (Å²) in [6.45, 7) is 0. The van der Waals surface area contributed by atoms with Gasteiger partial charge in [0.2, 0.25) is 0 Å². The van der Waals surface area contributed by atoms with Crippen molar-refractivity contribution < 1.29 is 9.53 Å². The highest BCUT2D eigenvalue weighted by Crippen LogP contribution is 2.27. The van der Waals surface area contributed by atoms with E-state index >= 15 is 0 Å². The molecule has 0 saturated carbocycles. The lowest BCUT2D eigenvalue weighted by atomic mass is 10.2. The van der Waals surface area contributed by atoms with Gasteiger partial charge in [-0.25, -0.2) is 5.43 Å². The third-order valence-corrected chi connectivity index (χ3v) is 5.47. The lowest BCUT2D eigenvalue weighted by molar-refractivity contribution is -0.118. The summed E-state index contributed by atoms with van der Waals surface area (Å²) in [5.74, 6) is 1.30. The molecule has 0 aliphatic rings. The van der Waals surface area contributed by atoms with Crippen molar-refractivity contribution in [3.05, 3.63) is 90.5 Å². The molecule has 0 aliphatic carbocycles. The maximum atomic E-state index is 12.4. The van der Waals surface area contributed by atoms with E-state index in [1.807, 2.05) is 89.5 Å². The minimum atomic E-state index is -0.245. The molecule has 4 rings (SSSR count). The van der Waals surface area contributed by atoms with Crippen LogP contribution in [0, 0.1) is 0 Å². The minimum absolute atomic E-state index is 0.142. The molecule has 1 amide bonds. The number of carbonyl (C=O) groups is 1. The molecule has 0 spiro atoms. The van der Waals surface area contributed by atoms with Gasteiger partial charge in [0.1, 0.15) is 5.75 Å². The summed E-state index contributed by atoms with van der Waals surface area (Å²) in [5.41, 5.74) is 5.19. The second-order valence-electron chi connectivity index (χ2n) is 6.67. The molecule has 7 nitrogen and oxygen atoms in total. The summed E-state index contributed by atoms with van der Waals surface area (Å²) in [5, 5.41) is 13.4. The Morgan fingerprint density at radius 3 is 2.44 bits per heavy atom. The van der Waals surface area contributed by atoms with E-state index in [0.29, 0.717) is 16.7 Å². The molecule has 1 N–H and O–H groups in total. The number of ether oxygens (including phenoxy) is 1. The zero-order valence-electron chi connectivity index (χ0n) is 17.4. The summed E-state index contributed by atoms with van der Waals surface area (Å²) in [6.07, 6.45) is 1.56. The average molecular weight is 444 g/mol. The molecule has 3 aromatic carbocycles. The van der Waals surface area contributed by atoms with Gasteiger partial charge in [0.25, 0.3) is 5.91 Å². The lowest BCUT2D eigenvalue weighted by Crippen LogP contribution is -2.20. The zero-order chi connectivity index (χ0) is 22.2. The fourth-order valence-electron chi connectivity index (χ4n) is 3.06. The molecular formula is C24H21N5O2S. The number of hydrogen-bond donors (Lipinski definition) is 1. The highest BCUT2D eigenvalue weighted by Gasteiger charge is 2.17. The summed E-state index contributed by atoms with van der Waals surface area (Å²) in [7, 11) is 1.59. The van der Waals surface area contributed by atoms with Crippen LogP contribution in [0.2, 0.25) is 0 Å². The Morgan fingerprint density at radius 2 is 1.69 bits per heavy atom. The number of nitrogens with zero attached hydrogens (tertiary/aromatic N) is 4. The average Bonchev–Trinajstić information content (AvgIpc) is 3.28. The highest BCUT2D eigenvalue weighted by molar-refractivity contribution is 7.99. The first-order valence-corrected chi connectivity index (χ1v) is 10.9. The highest BCUT2D eigenvalue weighted by atomic mass is 32.2. The van der Waals surface area contributed by atoms with Gasteiger partial charge in [-0.05, 0) is 24.3 Å². The summed E-state index contributed by atoms with van der Waals surface area (Å²) >= 11 is 1.30. The van der Waals surface area contributed by atoms with Crippen LogP contribution in [0.15, 0.2) is 95.2 Å². The normalized spacial score (nSPS) is 10.9. The Hall–Kier alpha value is -3.91. The third kappa shape index (κ3) is 5.04. The van der Waals surface area contributed by atoms with Gasteiger partial charge in [-0.2, -0.15) is 5.10 Å². The Bertz CT molecular complexity index is 1210. The Kier molecular flexibility index (Phi) is 6.94. The fraction of sp³-hybridized carbons (Fsp3) is 0.0833. The van der Waals surface area contributed by atoms with Crippen molar-refractivity contribution in [3.8, 4) is 22.8 Å². The number of methoxy groups -OCH3 is 1. The standard InChI is InChI=1S/C24H21N5O2S/c1-31-21-15-9-8-12-19(21)16-25-26-22(30)17-32-24-28-27-23(18-10-4-2-5-11-18)29(24)20-13-6-3-7-14-20/h2-16H,17H2,1H3,(H,26,30)/b25-16+. The molecule has 0 unspecified atom stereocenters. The van der Waals surface area contributed by atoms with Crippen molar-refractivity contribution in [2.75, 3.05) is 12.9 Å². The summed E-state index contributed by atoms with van der Waals surface area (Å²) in [4.78, 5) is 12.4. The van der Waals surface area contributed by atoms with Crippen molar-refractivity contribution >= 4 is 23.9 Å². The maximum absolute atomic E-state index is 12.4. The van der Waals surface area contributed by atoms with Crippen LogP contribution in [0.1, 0.15) is 5.56 Å². The second kappa shape index (κ2) is 10.4. The number of hydrazone groups is 1. The van der Waals surface area contributed by atoms with Gasteiger partial charge in [-0.1, -0.05) is 72.4 Å². The van der Waals surface area contributed by atoms with Gasteiger partial charge in [0, 0.05) is 16.8 Å². The molecule has 0 fully saturated rings. The smallest absolute Gasteiger partial charge is 0.250 e. The molecule has 8 heteroatoms. The molecule has 0 aliphatic heterocycles. The van der Waals surface area contributed by atoms with Crippen molar-refractivity contribution in [2.24, 2.45) is 5.10 Å². The molecule has 0 bridgehead atoms. The van der Waals surface area contributed by atoms with Gasteiger partial charge >= 0.3 is 0 Å². The lowest BCUT2D eigenvalue weighted by Gasteiger charge is -2.10. The molecule has 0 saturated heterocycles. The van der Waals surface area contributed by atoms with Gasteiger partial charge in [-0.15, -0.1) is 10.2 Å². The number of hydrogen-bond acceptors (Lipinski definition) is 6. The molecule has 0 atom stereocenters. The topological polar surface area (TPSA) is 81.4 Å². The quantitative estimate of drug-likeness (QED) is 0.251. The van der Waals surface area contributed by atoms with Crippen molar-refractivity contribution in [2.45, 2.75) is 5.16 Å². The SMILES string of the molecule is COc1ccccc1/C=N/NC(=O)CSc1nnc(-c2ccccc2)n1-c1ccccc1. The van der Waals surface area contributed by atoms with Crippen LogP contribution in [0.5, 0.6) is 5.75 Å². The molecular weight excluding hydrogens is 422 g/mol. The molecule has 4 aromatic rings. The maximum Gasteiger partial charge on any atom is 0.250 e. The minimum Gasteiger partial charge on any atom is -0.496 e. The van der Waals surface area contributed by atoms with Crippen molar-refractivity contribution in [1.29, 1.82) is 0 Å². The summed E-state index contributed by atoms with van der Waals surface area (Å²) in [6, 6.07) is 27.1. The van der Waals surface area contributed by atoms with E-state index in [-0.39, 0.29) is 11.7 Å². The zero-order valence-corrected chi connectivity index (χ0v) is 18.2. The number of rotatable bonds is 8. The van der Waals surface area contributed by atoms with E-state index in [0.717, 1.165) is 16.8 Å². The van der Waals surface area contributed by atoms with Gasteiger partial charge in [-0.3, -0.25) is 9.36 Å². The van der Waals surface area contributed by atoms with Crippen molar-refractivity contribution in [1.82, 2.24) is 20.2 Å². The van der Waals surface area contributed by atoms with Crippen molar-refractivity contribution in [3.63, 3.8) is 0 Å². The third-order valence-electron chi connectivity index (χ3n) is 4.54. The number of amides is 1. The van der Waals surface area contributed by atoms with E-state index < -0.39 is 0 Å². The molecule has 1 heterocycles. The largest absolute Gasteiger partial charge is 0.496 e.